The van der Waals surface area contributed by atoms with Crippen molar-refractivity contribution in [3.05, 3.63) is 87.8 Å². The lowest BCUT2D eigenvalue weighted by molar-refractivity contribution is -0.127. The van der Waals surface area contributed by atoms with Crippen LogP contribution in [0.3, 0.4) is 0 Å². The van der Waals surface area contributed by atoms with E-state index in [9.17, 15) is 18.8 Å². The van der Waals surface area contributed by atoms with Gasteiger partial charge in [0.25, 0.3) is 5.91 Å². The first-order valence-corrected chi connectivity index (χ1v) is 12.1. The molecule has 1 aliphatic heterocycles. The maximum absolute atomic E-state index is 14.0. The standard InChI is InChI=1S/C27H23BrFN3O6/c1-36-22-10-6-5-9-20(22)30-24(33)14-32-26(34)21(31-27(32)35)12-16-11-18(28)25(23(13-16)37-2)38-15-17-7-3-4-8-19(17)29/h3-13H,14-15H2,1-2H3,(H,30,33)(H,31,35)/b21-12+. The second kappa shape index (κ2) is 11.8. The number of carbonyl (C=O) groups excluding carboxylic acids is 3. The third kappa shape index (κ3) is 5.94. The molecule has 1 heterocycles. The van der Waals surface area contributed by atoms with Crippen LogP contribution < -0.4 is 24.8 Å². The van der Waals surface area contributed by atoms with Crippen molar-refractivity contribution in [1.82, 2.24) is 10.2 Å². The van der Waals surface area contributed by atoms with Gasteiger partial charge in [-0.15, -0.1) is 0 Å². The van der Waals surface area contributed by atoms with Crippen LogP contribution in [-0.4, -0.2) is 43.5 Å². The number of imide groups is 1. The summed E-state index contributed by atoms with van der Waals surface area (Å²) in [4.78, 5) is 38.7. The SMILES string of the molecule is COc1ccccc1NC(=O)CN1C(=O)N/C(=C/c2cc(Br)c(OCc3ccccc3F)c(OC)c2)C1=O. The Balaban J connectivity index is 1.48. The minimum absolute atomic E-state index is 0.0194. The van der Waals surface area contributed by atoms with Gasteiger partial charge in [0, 0.05) is 5.56 Å². The Hall–Kier alpha value is -4.38. The van der Waals surface area contributed by atoms with E-state index in [2.05, 4.69) is 26.6 Å². The Bertz CT molecular complexity index is 1430. The minimum Gasteiger partial charge on any atom is -0.495 e. The summed E-state index contributed by atoms with van der Waals surface area (Å²) in [5.41, 5.74) is 1.28. The average Bonchev–Trinajstić information content (AvgIpc) is 3.16. The quantitative estimate of drug-likeness (QED) is 0.279. The van der Waals surface area contributed by atoms with Gasteiger partial charge >= 0.3 is 6.03 Å². The zero-order valence-corrected chi connectivity index (χ0v) is 22.0. The molecule has 1 fully saturated rings. The number of amides is 4. The second-order valence-electron chi connectivity index (χ2n) is 8.04. The van der Waals surface area contributed by atoms with Crippen LogP contribution in [0.25, 0.3) is 6.08 Å². The lowest BCUT2D eigenvalue weighted by Crippen LogP contribution is -2.38. The van der Waals surface area contributed by atoms with Crippen LogP contribution in [0.5, 0.6) is 17.2 Å². The zero-order valence-electron chi connectivity index (χ0n) is 20.4. The number of urea groups is 1. The van der Waals surface area contributed by atoms with Crippen LogP contribution in [0.15, 0.2) is 70.8 Å². The topological polar surface area (TPSA) is 106 Å². The molecule has 0 radical (unpaired) electrons. The van der Waals surface area contributed by atoms with E-state index in [4.69, 9.17) is 14.2 Å². The van der Waals surface area contributed by atoms with Gasteiger partial charge in [-0.25, -0.2) is 14.1 Å². The Morgan fingerprint density at radius 1 is 1.05 bits per heavy atom. The van der Waals surface area contributed by atoms with Crippen LogP contribution in [0.1, 0.15) is 11.1 Å². The van der Waals surface area contributed by atoms with E-state index in [1.54, 1.807) is 54.6 Å². The highest BCUT2D eigenvalue weighted by atomic mass is 79.9. The molecular formula is C27H23BrFN3O6. The average molecular weight is 584 g/mol. The first-order chi connectivity index (χ1) is 18.3. The van der Waals surface area contributed by atoms with E-state index >= 15 is 0 Å². The summed E-state index contributed by atoms with van der Waals surface area (Å²) in [7, 11) is 2.91. The van der Waals surface area contributed by atoms with E-state index in [0.29, 0.717) is 38.5 Å². The third-order valence-corrected chi connectivity index (χ3v) is 6.13. The predicted octanol–water partition coefficient (Wildman–Crippen LogP) is 4.72. The molecule has 196 valence electrons. The maximum atomic E-state index is 14.0. The summed E-state index contributed by atoms with van der Waals surface area (Å²) in [6, 6.07) is 15.6. The molecule has 0 bridgehead atoms. The number of rotatable bonds is 9. The second-order valence-corrected chi connectivity index (χ2v) is 8.90. The molecule has 2 N–H and O–H groups in total. The Morgan fingerprint density at radius 2 is 1.76 bits per heavy atom. The molecule has 0 saturated carbocycles. The van der Waals surface area contributed by atoms with Crippen LogP contribution >= 0.6 is 15.9 Å². The molecule has 1 aliphatic rings. The van der Waals surface area contributed by atoms with Crippen LogP contribution in [0, 0.1) is 5.82 Å². The van der Waals surface area contributed by atoms with Gasteiger partial charge in [0.2, 0.25) is 5.91 Å². The van der Waals surface area contributed by atoms with Crippen molar-refractivity contribution in [2.45, 2.75) is 6.61 Å². The predicted molar refractivity (Wildman–Crippen MR) is 141 cm³/mol. The number of ether oxygens (including phenoxy) is 3. The van der Waals surface area contributed by atoms with E-state index in [1.165, 1.54) is 26.4 Å². The molecule has 0 spiro atoms. The van der Waals surface area contributed by atoms with E-state index in [-0.39, 0.29) is 18.1 Å². The van der Waals surface area contributed by atoms with Crippen LogP contribution in [0.4, 0.5) is 14.9 Å². The van der Waals surface area contributed by atoms with Gasteiger partial charge in [-0.3, -0.25) is 9.59 Å². The van der Waals surface area contributed by atoms with Crippen molar-refractivity contribution in [2.24, 2.45) is 0 Å². The number of hydrogen-bond acceptors (Lipinski definition) is 6. The summed E-state index contributed by atoms with van der Waals surface area (Å²) in [6.45, 7) is -0.515. The third-order valence-electron chi connectivity index (χ3n) is 5.54. The molecule has 9 nitrogen and oxygen atoms in total. The lowest BCUT2D eigenvalue weighted by atomic mass is 10.1. The van der Waals surface area contributed by atoms with Gasteiger partial charge < -0.3 is 24.8 Å². The summed E-state index contributed by atoms with van der Waals surface area (Å²) in [5.74, 6) is -0.512. The fourth-order valence-electron chi connectivity index (χ4n) is 3.69. The number of methoxy groups -OCH3 is 2. The van der Waals surface area contributed by atoms with Gasteiger partial charge in [-0.2, -0.15) is 0 Å². The molecule has 0 aromatic heterocycles. The molecule has 3 aromatic carbocycles. The zero-order chi connectivity index (χ0) is 27.2. The summed E-state index contributed by atoms with van der Waals surface area (Å²) in [5, 5.41) is 5.12. The first kappa shape index (κ1) is 26.7. The Labute approximate surface area is 226 Å². The Kier molecular flexibility index (Phi) is 8.27. The molecule has 3 aromatic rings. The molecule has 4 amide bonds. The summed E-state index contributed by atoms with van der Waals surface area (Å²) in [6.07, 6.45) is 1.45. The van der Waals surface area contributed by atoms with Crippen molar-refractivity contribution in [3.8, 4) is 17.2 Å². The smallest absolute Gasteiger partial charge is 0.329 e. The Morgan fingerprint density at radius 3 is 2.50 bits per heavy atom. The van der Waals surface area contributed by atoms with Crippen molar-refractivity contribution < 1.29 is 33.0 Å². The minimum atomic E-state index is -0.729. The number of halogens is 2. The molecule has 1 saturated heterocycles. The van der Waals surface area contributed by atoms with Crippen molar-refractivity contribution in [3.63, 3.8) is 0 Å². The van der Waals surface area contributed by atoms with Gasteiger partial charge in [0.1, 0.15) is 30.4 Å². The highest BCUT2D eigenvalue weighted by molar-refractivity contribution is 9.10. The van der Waals surface area contributed by atoms with Crippen molar-refractivity contribution >= 4 is 45.5 Å². The number of nitrogens with zero attached hydrogens (tertiary/aromatic N) is 1. The van der Waals surface area contributed by atoms with Crippen LogP contribution in [-0.2, 0) is 16.2 Å². The largest absolute Gasteiger partial charge is 0.495 e. The highest BCUT2D eigenvalue weighted by Gasteiger charge is 2.35. The first-order valence-electron chi connectivity index (χ1n) is 11.3. The fourth-order valence-corrected chi connectivity index (χ4v) is 4.27. The van der Waals surface area contributed by atoms with E-state index in [0.717, 1.165) is 4.90 Å². The summed E-state index contributed by atoms with van der Waals surface area (Å²) >= 11 is 3.42. The number of nitrogens with one attached hydrogen (secondary N) is 2. The molecule has 38 heavy (non-hydrogen) atoms. The van der Waals surface area contributed by atoms with Gasteiger partial charge in [0.05, 0.1) is 24.4 Å². The number of benzene rings is 3. The molecule has 4 rings (SSSR count). The number of carbonyl (C=O) groups is 3. The van der Waals surface area contributed by atoms with Crippen molar-refractivity contribution in [2.75, 3.05) is 26.1 Å². The molecular weight excluding hydrogens is 561 g/mol. The lowest BCUT2D eigenvalue weighted by Gasteiger charge is -2.14. The highest BCUT2D eigenvalue weighted by Crippen LogP contribution is 2.38. The number of anilines is 1. The normalized spacial score (nSPS) is 13.9. The fraction of sp³-hybridized carbons (Fsp3) is 0.148. The number of hydrogen-bond donors (Lipinski definition) is 2. The molecule has 0 aliphatic carbocycles. The van der Waals surface area contributed by atoms with Gasteiger partial charge in [-0.05, 0) is 57.9 Å². The van der Waals surface area contributed by atoms with Crippen molar-refractivity contribution in [1.29, 1.82) is 0 Å². The van der Waals surface area contributed by atoms with Crippen LogP contribution in [0.2, 0.25) is 0 Å². The van der Waals surface area contributed by atoms with Gasteiger partial charge in [-0.1, -0.05) is 30.3 Å². The molecule has 11 heteroatoms. The monoisotopic (exact) mass is 583 g/mol. The molecule has 0 atom stereocenters. The van der Waals surface area contributed by atoms with E-state index < -0.39 is 24.4 Å². The van der Waals surface area contributed by atoms with E-state index in [1.807, 2.05) is 0 Å². The number of para-hydroxylation sites is 2. The maximum Gasteiger partial charge on any atom is 0.329 e. The summed E-state index contributed by atoms with van der Waals surface area (Å²) < 4.78 is 30.9. The molecule has 0 unspecified atom stereocenters. The van der Waals surface area contributed by atoms with Gasteiger partial charge in [0.15, 0.2) is 11.5 Å².